The van der Waals surface area contributed by atoms with E-state index in [2.05, 4.69) is 14.1 Å². The Balaban J connectivity index is 1.71. The molecule has 6 heteroatoms. The Morgan fingerprint density at radius 2 is 2.09 bits per heavy atom. The third-order valence-electron chi connectivity index (χ3n) is 3.26. The van der Waals surface area contributed by atoms with Gasteiger partial charge in [-0.3, -0.25) is 4.79 Å². The number of amides is 1. The van der Waals surface area contributed by atoms with Gasteiger partial charge in [0.25, 0.3) is 5.91 Å². The molecule has 0 bridgehead atoms. The molecular weight excluding hydrogens is 298 g/mol. The number of carbonyl (C=O) groups excluding carboxylic acids is 1. The van der Waals surface area contributed by atoms with Crippen molar-refractivity contribution in [3.63, 3.8) is 0 Å². The lowest BCUT2D eigenvalue weighted by Gasteiger charge is -2.10. The number of ether oxygens (including phenoxy) is 1. The first-order valence-corrected chi connectivity index (χ1v) is 7.58. The van der Waals surface area contributed by atoms with Gasteiger partial charge >= 0.3 is 0 Å². The van der Waals surface area contributed by atoms with Crippen molar-refractivity contribution < 1.29 is 9.53 Å². The van der Waals surface area contributed by atoms with Gasteiger partial charge in [0.1, 0.15) is 16.8 Å². The third-order valence-corrected chi connectivity index (χ3v) is 3.80. The van der Waals surface area contributed by atoms with Crippen molar-refractivity contribution in [2.24, 2.45) is 0 Å². The lowest BCUT2D eigenvalue weighted by Crippen LogP contribution is -2.20. The second kappa shape index (κ2) is 6.11. The zero-order valence-electron chi connectivity index (χ0n) is 12.3. The van der Waals surface area contributed by atoms with E-state index in [-0.39, 0.29) is 12.5 Å². The summed E-state index contributed by atoms with van der Waals surface area (Å²) in [5.41, 5.74) is 4.24. The minimum absolute atomic E-state index is 0.0448. The fourth-order valence-corrected chi connectivity index (χ4v) is 2.68. The lowest BCUT2D eigenvalue weighted by atomic mass is 10.1. The summed E-state index contributed by atoms with van der Waals surface area (Å²) in [7, 11) is 0. The van der Waals surface area contributed by atoms with Crippen molar-refractivity contribution in [2.45, 2.75) is 13.8 Å². The van der Waals surface area contributed by atoms with Crippen molar-refractivity contribution in [3.8, 4) is 5.75 Å². The Bertz CT molecular complexity index is 829. The maximum atomic E-state index is 12.1. The van der Waals surface area contributed by atoms with E-state index in [1.807, 2.05) is 50.2 Å². The number of fused-ring (bicyclic) bond motifs is 1. The van der Waals surface area contributed by atoms with Crippen molar-refractivity contribution >= 4 is 34.4 Å². The summed E-state index contributed by atoms with van der Waals surface area (Å²) in [6, 6.07) is 11.4. The van der Waals surface area contributed by atoms with E-state index >= 15 is 0 Å². The number of rotatable bonds is 4. The van der Waals surface area contributed by atoms with Crippen LogP contribution < -0.4 is 10.1 Å². The largest absolute Gasteiger partial charge is 0.484 e. The molecule has 3 aromatic rings. The van der Waals surface area contributed by atoms with E-state index in [4.69, 9.17) is 4.74 Å². The molecule has 0 aliphatic heterocycles. The number of aryl methyl sites for hydroxylation is 2. The number of anilines is 1. The van der Waals surface area contributed by atoms with E-state index in [1.165, 1.54) is 0 Å². The van der Waals surface area contributed by atoms with Crippen molar-refractivity contribution in [2.75, 3.05) is 11.9 Å². The maximum absolute atomic E-state index is 12.1. The molecule has 5 nitrogen and oxygen atoms in total. The molecule has 1 aromatic heterocycles. The first kappa shape index (κ1) is 14.5. The molecule has 0 unspecified atom stereocenters. The second-order valence-electron chi connectivity index (χ2n) is 5.04. The van der Waals surface area contributed by atoms with E-state index < -0.39 is 0 Å². The van der Waals surface area contributed by atoms with Crippen LogP contribution in [-0.2, 0) is 4.79 Å². The Kier molecular flexibility index (Phi) is 4.02. The summed E-state index contributed by atoms with van der Waals surface area (Å²) in [5, 5.41) is 2.86. The molecule has 0 fully saturated rings. The first-order chi connectivity index (χ1) is 10.6. The molecule has 0 aliphatic rings. The van der Waals surface area contributed by atoms with Crippen molar-refractivity contribution in [1.82, 2.24) is 8.75 Å². The van der Waals surface area contributed by atoms with Gasteiger partial charge < -0.3 is 10.1 Å². The highest BCUT2D eigenvalue weighted by Gasteiger charge is 2.12. The molecule has 2 aromatic carbocycles. The smallest absolute Gasteiger partial charge is 0.262 e. The predicted octanol–water partition coefficient (Wildman–Crippen LogP) is 3.33. The molecule has 3 rings (SSSR count). The molecule has 1 N–H and O–H groups in total. The molecule has 0 atom stereocenters. The van der Waals surface area contributed by atoms with Crippen LogP contribution in [0.15, 0.2) is 36.4 Å². The van der Waals surface area contributed by atoms with Gasteiger partial charge in [0.15, 0.2) is 6.61 Å². The number of nitrogens with zero attached hydrogens (tertiary/aromatic N) is 2. The average molecular weight is 313 g/mol. The lowest BCUT2D eigenvalue weighted by molar-refractivity contribution is -0.118. The van der Waals surface area contributed by atoms with Gasteiger partial charge in [-0.1, -0.05) is 18.2 Å². The number of carbonyl (C=O) groups is 1. The molecule has 0 spiro atoms. The number of nitrogens with one attached hydrogen (secondary N) is 1. The number of aromatic nitrogens is 2. The van der Waals surface area contributed by atoms with Gasteiger partial charge in [-0.2, -0.15) is 8.75 Å². The monoisotopic (exact) mass is 313 g/mol. The number of hydrogen-bond donors (Lipinski definition) is 1. The van der Waals surface area contributed by atoms with Crippen LogP contribution in [0.2, 0.25) is 0 Å². The normalized spacial score (nSPS) is 10.6. The van der Waals surface area contributed by atoms with Gasteiger partial charge in [-0.25, -0.2) is 0 Å². The Labute approximate surface area is 132 Å². The number of benzene rings is 2. The summed E-state index contributed by atoms with van der Waals surface area (Å²) in [6.45, 7) is 3.86. The maximum Gasteiger partial charge on any atom is 0.262 e. The fourth-order valence-electron chi connectivity index (χ4n) is 2.14. The van der Waals surface area contributed by atoms with Gasteiger partial charge in [-0.05, 0) is 43.2 Å². The van der Waals surface area contributed by atoms with Crippen LogP contribution >= 0.6 is 11.7 Å². The Morgan fingerprint density at radius 3 is 2.91 bits per heavy atom. The zero-order chi connectivity index (χ0) is 15.5. The van der Waals surface area contributed by atoms with Crippen LogP contribution in [0.25, 0.3) is 11.0 Å². The minimum atomic E-state index is -0.217. The van der Waals surface area contributed by atoms with Crippen molar-refractivity contribution in [3.05, 3.63) is 47.5 Å². The molecule has 1 amide bonds. The van der Waals surface area contributed by atoms with Crippen LogP contribution in [-0.4, -0.2) is 21.3 Å². The molecule has 0 radical (unpaired) electrons. The average Bonchev–Trinajstić information content (AvgIpc) is 2.97. The molecule has 112 valence electrons. The molecule has 0 saturated carbocycles. The molecule has 22 heavy (non-hydrogen) atoms. The highest BCUT2D eigenvalue weighted by Crippen LogP contribution is 2.25. The van der Waals surface area contributed by atoms with Crippen LogP contribution in [0.3, 0.4) is 0 Å². The topological polar surface area (TPSA) is 64.1 Å². The van der Waals surface area contributed by atoms with Gasteiger partial charge in [0.2, 0.25) is 0 Å². The summed E-state index contributed by atoms with van der Waals surface area (Å²) in [6.07, 6.45) is 0. The third kappa shape index (κ3) is 3.07. The summed E-state index contributed by atoms with van der Waals surface area (Å²) < 4.78 is 13.9. The molecular formula is C16H15N3O2S. The Hall–Kier alpha value is -2.47. The van der Waals surface area contributed by atoms with Gasteiger partial charge in [0.05, 0.1) is 17.4 Å². The highest BCUT2D eigenvalue weighted by molar-refractivity contribution is 7.00. The first-order valence-electron chi connectivity index (χ1n) is 6.84. The standard InChI is InChI=1S/C16H15N3O2S/c1-10-4-3-5-12(8-10)21-9-14(20)17-15-11(2)6-7-13-16(15)19-22-18-13/h3-8H,9H2,1-2H3,(H,17,20). The van der Waals surface area contributed by atoms with E-state index in [0.29, 0.717) is 17.0 Å². The highest BCUT2D eigenvalue weighted by atomic mass is 32.1. The van der Waals surface area contributed by atoms with Crippen LogP contribution in [0.5, 0.6) is 5.75 Å². The minimum Gasteiger partial charge on any atom is -0.484 e. The molecule has 0 saturated heterocycles. The van der Waals surface area contributed by atoms with Crippen LogP contribution in [0.4, 0.5) is 5.69 Å². The predicted molar refractivity (Wildman–Crippen MR) is 87.5 cm³/mol. The quantitative estimate of drug-likeness (QED) is 0.802. The SMILES string of the molecule is Cc1cccc(OCC(=O)Nc2c(C)ccc3nsnc23)c1. The zero-order valence-corrected chi connectivity index (χ0v) is 13.1. The van der Waals surface area contributed by atoms with E-state index in [9.17, 15) is 4.79 Å². The number of hydrogen-bond acceptors (Lipinski definition) is 5. The van der Waals surface area contributed by atoms with E-state index in [1.54, 1.807) is 0 Å². The van der Waals surface area contributed by atoms with E-state index in [0.717, 1.165) is 28.4 Å². The Morgan fingerprint density at radius 1 is 1.23 bits per heavy atom. The summed E-state index contributed by atoms with van der Waals surface area (Å²) in [4.78, 5) is 12.1. The van der Waals surface area contributed by atoms with Crippen molar-refractivity contribution in [1.29, 1.82) is 0 Å². The second-order valence-corrected chi connectivity index (χ2v) is 5.57. The van der Waals surface area contributed by atoms with Crippen LogP contribution in [0.1, 0.15) is 11.1 Å². The fraction of sp³-hybridized carbons (Fsp3) is 0.188. The molecule has 1 heterocycles. The summed E-state index contributed by atoms with van der Waals surface area (Å²) in [5.74, 6) is 0.463. The van der Waals surface area contributed by atoms with Gasteiger partial charge in [-0.15, -0.1) is 0 Å². The molecule has 0 aliphatic carbocycles. The van der Waals surface area contributed by atoms with Gasteiger partial charge in [0, 0.05) is 0 Å². The van der Waals surface area contributed by atoms with Crippen LogP contribution in [0, 0.1) is 13.8 Å². The summed E-state index contributed by atoms with van der Waals surface area (Å²) >= 11 is 1.13.